The Kier molecular flexibility index (Phi) is 6.75. The molecule has 0 saturated heterocycles. The molecule has 1 atom stereocenters. The highest BCUT2D eigenvalue weighted by atomic mass is 16.5. The molecule has 0 unspecified atom stereocenters. The number of aryl methyl sites for hydroxylation is 1. The van der Waals surface area contributed by atoms with Crippen molar-refractivity contribution in [3.05, 3.63) is 95.6 Å². The van der Waals surface area contributed by atoms with Gasteiger partial charge >= 0.3 is 5.97 Å². The van der Waals surface area contributed by atoms with E-state index < -0.39 is 12.0 Å². The molecule has 0 saturated carbocycles. The highest BCUT2D eigenvalue weighted by Crippen LogP contribution is 2.19. The third kappa shape index (κ3) is 5.41. The molecule has 5 heteroatoms. The van der Waals surface area contributed by atoms with Crippen molar-refractivity contribution in [3.63, 3.8) is 0 Å². The molecule has 0 aliphatic carbocycles. The zero-order valence-electron chi connectivity index (χ0n) is 16.9. The number of hydrogen-bond donors (Lipinski definition) is 1. The van der Waals surface area contributed by atoms with Crippen LogP contribution in [0.2, 0.25) is 0 Å². The molecule has 0 aromatic heterocycles. The van der Waals surface area contributed by atoms with Gasteiger partial charge in [0.05, 0.1) is 0 Å². The second-order valence-electron chi connectivity index (χ2n) is 7.04. The minimum Gasteiger partial charge on any atom is -0.456 e. The van der Waals surface area contributed by atoms with E-state index in [-0.39, 0.29) is 18.3 Å². The number of hydrogen-bond acceptors (Lipinski definition) is 4. The van der Waals surface area contributed by atoms with Crippen LogP contribution in [0.25, 0.3) is 11.1 Å². The van der Waals surface area contributed by atoms with Crippen molar-refractivity contribution in [2.45, 2.75) is 19.9 Å². The van der Waals surface area contributed by atoms with Crippen LogP contribution < -0.4 is 5.32 Å². The van der Waals surface area contributed by atoms with E-state index in [2.05, 4.69) is 5.32 Å². The lowest BCUT2D eigenvalue weighted by molar-refractivity contribution is -0.144. The normalized spacial score (nSPS) is 11.4. The molecule has 0 bridgehead atoms. The van der Waals surface area contributed by atoms with Crippen molar-refractivity contribution in [3.8, 4) is 11.1 Å². The van der Waals surface area contributed by atoms with Gasteiger partial charge in [-0.05, 0) is 37.1 Å². The van der Waals surface area contributed by atoms with Gasteiger partial charge in [-0.25, -0.2) is 4.79 Å². The summed E-state index contributed by atoms with van der Waals surface area (Å²) < 4.78 is 5.09. The van der Waals surface area contributed by atoms with Gasteiger partial charge in [-0.2, -0.15) is 0 Å². The summed E-state index contributed by atoms with van der Waals surface area (Å²) in [5, 5.41) is 2.59. The van der Waals surface area contributed by atoms with Gasteiger partial charge in [-0.3, -0.25) is 9.59 Å². The second kappa shape index (κ2) is 9.65. The Bertz CT molecular complexity index is 1040. The van der Waals surface area contributed by atoms with E-state index in [9.17, 15) is 14.4 Å². The third-order valence-electron chi connectivity index (χ3n) is 4.64. The first kappa shape index (κ1) is 21.0. The Morgan fingerprint density at radius 3 is 2.17 bits per heavy atom. The average molecular weight is 401 g/mol. The monoisotopic (exact) mass is 401 g/mol. The van der Waals surface area contributed by atoms with Crippen LogP contribution in [0.15, 0.2) is 78.9 Å². The van der Waals surface area contributed by atoms with Gasteiger partial charge in [0, 0.05) is 11.1 Å². The molecule has 0 heterocycles. The quantitative estimate of drug-likeness (QED) is 0.476. The molecule has 152 valence electrons. The van der Waals surface area contributed by atoms with Gasteiger partial charge in [0.2, 0.25) is 0 Å². The average Bonchev–Trinajstić information content (AvgIpc) is 2.77. The first-order valence-electron chi connectivity index (χ1n) is 9.67. The molecule has 0 spiro atoms. The zero-order valence-corrected chi connectivity index (χ0v) is 16.9. The van der Waals surface area contributed by atoms with Gasteiger partial charge in [-0.1, -0.05) is 72.3 Å². The lowest BCUT2D eigenvalue weighted by Crippen LogP contribution is -2.40. The van der Waals surface area contributed by atoms with E-state index in [4.69, 9.17) is 4.74 Å². The fourth-order valence-corrected chi connectivity index (χ4v) is 2.95. The number of nitrogens with one attached hydrogen (secondary N) is 1. The second-order valence-corrected chi connectivity index (χ2v) is 7.04. The summed E-state index contributed by atoms with van der Waals surface area (Å²) in [4.78, 5) is 36.7. The largest absolute Gasteiger partial charge is 0.456 e. The fraction of sp³-hybridized carbons (Fsp3) is 0.160. The molecule has 1 N–H and O–H groups in total. The highest BCUT2D eigenvalue weighted by molar-refractivity contribution is 5.99. The first-order valence-corrected chi connectivity index (χ1v) is 9.67. The molecule has 3 aromatic rings. The van der Waals surface area contributed by atoms with Crippen molar-refractivity contribution in [1.82, 2.24) is 5.32 Å². The van der Waals surface area contributed by atoms with Crippen LogP contribution in [0.1, 0.15) is 33.2 Å². The molecule has 5 nitrogen and oxygen atoms in total. The number of esters is 1. The van der Waals surface area contributed by atoms with Crippen LogP contribution in [0.5, 0.6) is 0 Å². The van der Waals surface area contributed by atoms with Crippen molar-refractivity contribution >= 4 is 17.7 Å². The Balaban J connectivity index is 1.52. The number of ether oxygens (including phenoxy) is 1. The summed E-state index contributed by atoms with van der Waals surface area (Å²) in [7, 11) is 0. The van der Waals surface area contributed by atoms with E-state index in [0.717, 1.165) is 16.7 Å². The van der Waals surface area contributed by atoms with Gasteiger partial charge < -0.3 is 10.1 Å². The van der Waals surface area contributed by atoms with E-state index in [1.54, 1.807) is 30.3 Å². The number of Topliss-reactive ketones (excluding diaryl/α,β-unsaturated/α-hetero) is 1. The van der Waals surface area contributed by atoms with Crippen molar-refractivity contribution in [2.24, 2.45) is 0 Å². The SMILES string of the molecule is Cc1cccc(C(=O)N[C@@H](C)C(=O)OCC(=O)c2ccc(-c3ccccc3)cc2)c1. The molecular weight excluding hydrogens is 378 g/mol. The maximum absolute atomic E-state index is 12.3. The maximum Gasteiger partial charge on any atom is 0.328 e. The van der Waals surface area contributed by atoms with E-state index in [1.807, 2.05) is 55.5 Å². The lowest BCUT2D eigenvalue weighted by atomic mass is 10.0. The fourth-order valence-electron chi connectivity index (χ4n) is 2.95. The molecule has 1 amide bonds. The Morgan fingerprint density at radius 1 is 0.833 bits per heavy atom. The predicted octanol–water partition coefficient (Wildman–Crippen LogP) is 4.21. The predicted molar refractivity (Wildman–Crippen MR) is 115 cm³/mol. The van der Waals surface area contributed by atoms with Crippen molar-refractivity contribution in [2.75, 3.05) is 6.61 Å². The van der Waals surface area contributed by atoms with E-state index in [1.165, 1.54) is 6.92 Å². The number of rotatable bonds is 7. The summed E-state index contributed by atoms with van der Waals surface area (Å²) in [6, 6.07) is 23.1. The summed E-state index contributed by atoms with van der Waals surface area (Å²) in [5.74, 6) is -1.34. The lowest BCUT2D eigenvalue weighted by Gasteiger charge is -2.13. The summed E-state index contributed by atoms with van der Waals surface area (Å²) in [6.07, 6.45) is 0. The van der Waals surface area contributed by atoms with Crippen molar-refractivity contribution < 1.29 is 19.1 Å². The van der Waals surface area contributed by atoms with Crippen LogP contribution in [0.3, 0.4) is 0 Å². The third-order valence-corrected chi connectivity index (χ3v) is 4.64. The topological polar surface area (TPSA) is 72.5 Å². The maximum atomic E-state index is 12.3. The Labute approximate surface area is 175 Å². The molecular formula is C25H23NO4. The number of ketones is 1. The number of carbonyl (C=O) groups excluding carboxylic acids is 3. The molecule has 30 heavy (non-hydrogen) atoms. The highest BCUT2D eigenvalue weighted by Gasteiger charge is 2.19. The molecule has 3 rings (SSSR count). The summed E-state index contributed by atoms with van der Waals surface area (Å²) in [6.45, 7) is 3.02. The number of benzene rings is 3. The molecule has 0 radical (unpaired) electrons. The van der Waals surface area contributed by atoms with E-state index in [0.29, 0.717) is 11.1 Å². The Morgan fingerprint density at radius 2 is 1.50 bits per heavy atom. The first-order chi connectivity index (χ1) is 14.4. The van der Waals surface area contributed by atoms with E-state index >= 15 is 0 Å². The minimum absolute atomic E-state index is 0.305. The Hall–Kier alpha value is -3.73. The smallest absolute Gasteiger partial charge is 0.328 e. The van der Waals surface area contributed by atoms with Crippen LogP contribution in [0, 0.1) is 6.92 Å². The van der Waals surface area contributed by atoms with Gasteiger partial charge in [0.1, 0.15) is 6.04 Å². The number of carbonyl (C=O) groups is 3. The summed E-state index contributed by atoms with van der Waals surface area (Å²) in [5.41, 5.74) is 3.92. The molecule has 0 aliphatic heterocycles. The van der Waals surface area contributed by atoms with Crippen molar-refractivity contribution in [1.29, 1.82) is 0 Å². The van der Waals surface area contributed by atoms with Crippen LogP contribution in [0.4, 0.5) is 0 Å². The molecule has 0 aliphatic rings. The van der Waals surface area contributed by atoms with Gasteiger partial charge in [0.15, 0.2) is 12.4 Å². The molecule has 3 aromatic carbocycles. The molecule has 0 fully saturated rings. The van der Waals surface area contributed by atoms with Gasteiger partial charge in [-0.15, -0.1) is 0 Å². The summed E-state index contributed by atoms with van der Waals surface area (Å²) >= 11 is 0. The van der Waals surface area contributed by atoms with Gasteiger partial charge in [0.25, 0.3) is 5.91 Å². The standard InChI is InChI=1S/C25H23NO4/c1-17-7-6-10-22(15-17)24(28)26-18(2)25(29)30-16-23(27)21-13-11-20(12-14-21)19-8-4-3-5-9-19/h3-15,18H,16H2,1-2H3,(H,26,28)/t18-/m0/s1. The minimum atomic E-state index is -0.869. The van der Waals surface area contributed by atoms with Crippen LogP contribution in [-0.4, -0.2) is 30.3 Å². The zero-order chi connectivity index (χ0) is 21.5. The van der Waals surface area contributed by atoms with Crippen LogP contribution >= 0.6 is 0 Å². The number of amides is 1. The van der Waals surface area contributed by atoms with Crippen LogP contribution in [-0.2, 0) is 9.53 Å².